The molecule has 9 aromatic rings. The van der Waals surface area contributed by atoms with Crippen molar-refractivity contribution in [2.24, 2.45) is 0 Å². The molecule has 0 bridgehead atoms. The summed E-state index contributed by atoms with van der Waals surface area (Å²) in [6.45, 7) is -11.2. The Balaban J connectivity index is 1.21. The van der Waals surface area contributed by atoms with Crippen molar-refractivity contribution < 1.29 is 35.6 Å². The first-order valence-corrected chi connectivity index (χ1v) is 20.0. The van der Waals surface area contributed by atoms with E-state index in [4.69, 9.17) is 27.4 Å². The van der Waals surface area contributed by atoms with Gasteiger partial charge in [0.2, 0.25) is 0 Å². The molecule has 0 saturated carbocycles. The van der Waals surface area contributed by atoms with Gasteiger partial charge < -0.3 is 4.90 Å². The van der Waals surface area contributed by atoms with Gasteiger partial charge in [0.15, 0.2) is 0 Å². The summed E-state index contributed by atoms with van der Waals surface area (Å²) in [5.41, 5.74) is -10.2. The Bertz CT molecular complexity index is 4380. The molecule has 3 aliphatic carbocycles. The molecule has 0 aromatic heterocycles. The Kier molecular flexibility index (Phi) is 3.99. The van der Waals surface area contributed by atoms with Crippen LogP contribution >= 0.6 is 0 Å². The zero-order chi connectivity index (χ0) is 64.3. The van der Waals surface area contributed by atoms with Gasteiger partial charge in [-0.25, -0.2) is 0 Å². The van der Waals surface area contributed by atoms with Gasteiger partial charge in [-0.05, 0) is 142 Å². The number of nitrogens with zero attached hydrogens (tertiary/aromatic N) is 1. The fourth-order valence-electron chi connectivity index (χ4n) is 9.63. The first-order valence-electron chi connectivity index (χ1n) is 33.0. The average Bonchev–Trinajstić information content (AvgIpc) is 1.46. The summed E-state index contributed by atoms with van der Waals surface area (Å²) in [4.78, 5) is 0.737. The third-order valence-electron chi connectivity index (χ3n) is 12.7. The molecule has 0 spiro atoms. The third kappa shape index (κ3) is 5.15. The predicted molar refractivity (Wildman–Crippen MR) is 262 cm³/mol. The van der Waals surface area contributed by atoms with Crippen molar-refractivity contribution in [3.63, 3.8) is 0 Å². The first kappa shape index (κ1) is 19.0. The number of fused-ring (bicyclic) bond motifs is 10. The van der Waals surface area contributed by atoms with Crippen molar-refractivity contribution in [2.75, 3.05) is 4.90 Å². The second kappa shape index (κ2) is 13.0. The maximum atomic E-state index is 10.3. The van der Waals surface area contributed by atoms with Crippen LogP contribution in [0.2, 0.25) is 0 Å². The molecule has 0 aliphatic heterocycles. The Morgan fingerprint density at radius 1 is 0.403 bits per heavy atom. The molecule has 0 radical (unpaired) electrons. The van der Waals surface area contributed by atoms with Crippen LogP contribution in [-0.4, -0.2) is 0 Å². The molecule has 62 heavy (non-hydrogen) atoms. The van der Waals surface area contributed by atoms with Gasteiger partial charge in [-0.3, -0.25) is 0 Å². The molecule has 0 atom stereocenters. The highest BCUT2D eigenvalue weighted by atomic mass is 15.1. The molecule has 12 rings (SSSR count). The van der Waals surface area contributed by atoms with E-state index in [1.54, 1.807) is 12.1 Å². The molecule has 298 valence electrons. The van der Waals surface area contributed by atoms with E-state index in [0.29, 0.717) is 11.1 Å². The minimum absolute atomic E-state index is 0.300. The highest BCUT2D eigenvalue weighted by Crippen LogP contribution is 2.54. The van der Waals surface area contributed by atoms with Gasteiger partial charge >= 0.3 is 0 Å². The largest absolute Gasteiger partial charge is 0.310 e. The van der Waals surface area contributed by atoms with Crippen molar-refractivity contribution >= 4 is 27.8 Å². The molecule has 0 saturated heterocycles. The van der Waals surface area contributed by atoms with Crippen molar-refractivity contribution in [1.29, 1.82) is 0 Å². The van der Waals surface area contributed by atoms with Gasteiger partial charge in [-0.2, -0.15) is 0 Å². The monoisotopic (exact) mass is 822 g/mol. The van der Waals surface area contributed by atoms with Crippen LogP contribution in [0.3, 0.4) is 0 Å². The lowest BCUT2D eigenvalue weighted by Crippen LogP contribution is -2.18. The normalized spacial score (nSPS) is 22.2. The molecule has 9 aromatic carbocycles. The molecule has 0 unspecified atom stereocenters. The van der Waals surface area contributed by atoms with Crippen molar-refractivity contribution in [1.82, 2.24) is 0 Å². The summed E-state index contributed by atoms with van der Waals surface area (Å²) in [6.07, 6.45) is 0. The first-order chi connectivity index (χ1) is 40.9. The lowest BCUT2D eigenvalue weighted by Gasteiger charge is -2.30. The van der Waals surface area contributed by atoms with Crippen LogP contribution in [0, 0.1) is 0 Å². The van der Waals surface area contributed by atoms with Crippen molar-refractivity contribution in [3.8, 4) is 55.6 Å². The predicted octanol–water partition coefficient (Wildman–Crippen LogP) is 16.6. The van der Waals surface area contributed by atoms with Crippen molar-refractivity contribution in [3.05, 3.63) is 221 Å². The molecule has 3 aliphatic rings. The molecular formula is C61H49N. The van der Waals surface area contributed by atoms with Crippen LogP contribution < -0.4 is 4.90 Å². The standard InChI is InChI=1S/C61H49N/c1-59(2)54-22-14-11-19-48(54)51-35-40(26-34-55(51)59)58-44-16-8-7-15-38(44)25-31-45(58)39-23-27-41(28-24-39)62(42-29-32-49-46-17-9-12-20-52(46)60(3,4)56(49)36-42)43-30-33-50-47-18-10-13-21-53(47)61(5,6)57(50)37-43/h7-37H,1-6H3/i3D3,4D3,5D3,6D3,9D,10D,12D,13D,17D,18D,20D,21D,29D,30D,32D,33D,36D,37D. The van der Waals surface area contributed by atoms with Crippen LogP contribution in [0.4, 0.5) is 17.1 Å². The van der Waals surface area contributed by atoms with E-state index >= 15 is 0 Å². The van der Waals surface area contributed by atoms with Crippen molar-refractivity contribution in [2.45, 2.75) is 57.5 Å². The van der Waals surface area contributed by atoms with E-state index in [0.717, 1.165) is 49.1 Å². The van der Waals surface area contributed by atoms with Crippen LogP contribution in [0.5, 0.6) is 0 Å². The number of hydrogen-bond donors (Lipinski definition) is 0. The summed E-state index contributed by atoms with van der Waals surface area (Å²) in [7, 11) is 0. The van der Waals surface area contributed by atoms with E-state index < -0.39 is 179 Å². The fourth-order valence-corrected chi connectivity index (χ4v) is 9.63. The molecular weight excluding hydrogens is 747 g/mol. The van der Waals surface area contributed by atoms with E-state index in [1.807, 2.05) is 54.6 Å². The van der Waals surface area contributed by atoms with Gasteiger partial charge in [0.1, 0.15) is 0 Å². The molecule has 0 heterocycles. The summed E-state index contributed by atoms with van der Waals surface area (Å²) in [5.74, 6) is 0. The highest BCUT2D eigenvalue weighted by Gasteiger charge is 2.38. The Morgan fingerprint density at radius 2 is 0.968 bits per heavy atom. The van der Waals surface area contributed by atoms with Crippen LogP contribution in [0.1, 0.15) is 110 Å². The smallest absolute Gasteiger partial charge is 0.0648 e. The van der Waals surface area contributed by atoms with E-state index in [9.17, 15) is 8.22 Å². The topological polar surface area (TPSA) is 3.24 Å². The average molecular weight is 822 g/mol. The number of benzene rings is 9. The summed E-state index contributed by atoms with van der Waals surface area (Å²) >= 11 is 0. The second-order valence-corrected chi connectivity index (χ2v) is 16.5. The van der Waals surface area contributed by atoms with Crippen LogP contribution in [-0.2, 0) is 16.2 Å². The second-order valence-electron chi connectivity index (χ2n) is 16.5. The van der Waals surface area contributed by atoms with E-state index in [1.165, 1.54) is 12.1 Å². The SMILES string of the molecule is [2H]c1c([2H])c([2H])c2c(c1[2H])-c1c([2H])c([2H])c(N(c3ccc(-c4ccc5ccccc5c4-c4ccc5c(c4)-c4ccccc4C5(C)C)cc3)c3c([2H])c([2H])c4c(c3[2H])C(C([2H])([2H])[2H])(C([2H])([2H])[2H])c3c([2H])c([2H])c([2H])c([2H])c3-4)c([2H])c1C2(C([2H])([2H])[2H])C([2H])([2H])[2H]. The molecule has 0 amide bonds. The minimum Gasteiger partial charge on any atom is -0.310 e. The van der Waals surface area contributed by atoms with Crippen LogP contribution in [0.25, 0.3) is 66.4 Å². The lowest BCUT2D eigenvalue weighted by molar-refractivity contribution is 0.660. The van der Waals surface area contributed by atoms with E-state index in [-0.39, 0.29) is 11.1 Å². The zero-order valence-electron chi connectivity index (χ0n) is 59.3. The van der Waals surface area contributed by atoms with Gasteiger partial charge in [0, 0.05) is 49.8 Å². The minimum atomic E-state index is -3.88. The maximum Gasteiger partial charge on any atom is 0.0648 e. The van der Waals surface area contributed by atoms with Gasteiger partial charge in [-0.1, -0.05) is 187 Å². The third-order valence-corrected chi connectivity index (χ3v) is 12.7. The summed E-state index contributed by atoms with van der Waals surface area (Å²) < 4.78 is 240. The fraction of sp³-hybridized carbons (Fsp3) is 0.148. The quantitative estimate of drug-likeness (QED) is 0.167. The Labute approximate surface area is 402 Å². The molecule has 0 N–H and O–H groups in total. The van der Waals surface area contributed by atoms with Gasteiger partial charge in [0.05, 0.1) is 19.2 Å². The number of anilines is 3. The lowest BCUT2D eigenvalue weighted by atomic mass is 9.81. The van der Waals surface area contributed by atoms with Crippen LogP contribution in [0.15, 0.2) is 188 Å². The van der Waals surface area contributed by atoms with Gasteiger partial charge in [0.25, 0.3) is 0 Å². The highest BCUT2D eigenvalue weighted by molar-refractivity contribution is 6.05. The Morgan fingerprint density at radius 3 is 1.63 bits per heavy atom. The maximum absolute atomic E-state index is 10.3. The Hall–Kier alpha value is -6.96. The molecule has 1 nitrogen and oxygen atoms in total. The number of rotatable bonds is 5. The number of hydrogen-bond acceptors (Lipinski definition) is 1. The van der Waals surface area contributed by atoms with E-state index in [2.05, 4.69) is 38.1 Å². The molecule has 0 fully saturated rings. The summed E-state index contributed by atoms with van der Waals surface area (Å²) in [5, 5.41) is 1.73. The zero-order valence-corrected chi connectivity index (χ0v) is 33.3. The van der Waals surface area contributed by atoms with Gasteiger partial charge in [-0.15, -0.1) is 0 Å². The molecule has 1 heteroatoms. The summed E-state index contributed by atoms with van der Waals surface area (Å²) in [6, 6.07) is 16.5.